The normalized spacial score (nSPS) is 14.7. The van der Waals surface area contributed by atoms with Gasteiger partial charge in [0.2, 0.25) is 0 Å². The molecule has 1 saturated heterocycles. The summed E-state index contributed by atoms with van der Waals surface area (Å²) in [4.78, 5) is 22.8. The molecule has 1 amide bonds. The van der Waals surface area contributed by atoms with Crippen molar-refractivity contribution in [3.05, 3.63) is 47.9 Å². The third-order valence-electron chi connectivity index (χ3n) is 4.36. The Balaban J connectivity index is 1.64. The van der Waals surface area contributed by atoms with Gasteiger partial charge in [-0.3, -0.25) is 4.79 Å². The molecule has 5 nitrogen and oxygen atoms in total. The number of carbonyl (C=O) groups is 1. The molecule has 1 aliphatic rings. The molecule has 0 atom stereocenters. The number of carbonyl (C=O) groups excluding carboxylic acids is 1. The number of aromatic nitrogens is 2. The first-order chi connectivity index (χ1) is 11.6. The number of piperidine rings is 1. The zero-order valence-electron chi connectivity index (χ0n) is 14.3. The molecule has 1 aliphatic heterocycles. The maximum absolute atomic E-state index is 12.4. The summed E-state index contributed by atoms with van der Waals surface area (Å²) < 4.78 is 0. The average Bonchev–Trinajstić information content (AvgIpc) is 2.63. The molecule has 0 radical (unpaired) electrons. The summed E-state index contributed by atoms with van der Waals surface area (Å²) in [7, 11) is 0. The van der Waals surface area contributed by atoms with Crippen molar-refractivity contribution in [2.75, 3.05) is 18.4 Å². The predicted molar refractivity (Wildman–Crippen MR) is 95.6 cm³/mol. The third-order valence-corrected chi connectivity index (χ3v) is 4.36. The van der Waals surface area contributed by atoms with Crippen LogP contribution in [0.5, 0.6) is 0 Å². The summed E-state index contributed by atoms with van der Waals surface area (Å²) in [6.45, 7) is 5.99. The Bertz CT molecular complexity index is 674. The highest BCUT2D eigenvalue weighted by atomic mass is 16.2. The van der Waals surface area contributed by atoms with E-state index in [-0.39, 0.29) is 5.91 Å². The standard InChI is InChI=1S/C19H24N4O/c1-14(2)15-6-8-16(9-7-15)22-18-13-20-17(12-21-18)19(24)23-10-4-3-5-11-23/h6-9,12-14H,3-5,10-11H2,1-2H3,(H,21,22). The Morgan fingerprint density at radius 2 is 1.75 bits per heavy atom. The lowest BCUT2D eigenvalue weighted by molar-refractivity contribution is 0.0718. The fourth-order valence-corrected chi connectivity index (χ4v) is 2.86. The minimum absolute atomic E-state index is 0.0185. The van der Waals surface area contributed by atoms with Crippen LogP contribution in [-0.2, 0) is 0 Å². The summed E-state index contributed by atoms with van der Waals surface area (Å²) >= 11 is 0. The minimum Gasteiger partial charge on any atom is -0.339 e. The molecular weight excluding hydrogens is 300 g/mol. The first kappa shape index (κ1) is 16.4. The smallest absolute Gasteiger partial charge is 0.274 e. The van der Waals surface area contributed by atoms with Crippen LogP contribution in [0.4, 0.5) is 11.5 Å². The number of nitrogens with zero attached hydrogens (tertiary/aromatic N) is 3. The van der Waals surface area contributed by atoms with Crippen molar-refractivity contribution >= 4 is 17.4 Å². The van der Waals surface area contributed by atoms with E-state index in [1.807, 2.05) is 17.0 Å². The summed E-state index contributed by atoms with van der Waals surface area (Å²) in [6.07, 6.45) is 6.53. The second-order valence-corrected chi connectivity index (χ2v) is 6.54. The van der Waals surface area contributed by atoms with Gasteiger partial charge in [0, 0.05) is 18.8 Å². The van der Waals surface area contributed by atoms with Crippen LogP contribution in [0.1, 0.15) is 55.1 Å². The number of nitrogens with one attached hydrogen (secondary N) is 1. The quantitative estimate of drug-likeness (QED) is 0.924. The van der Waals surface area contributed by atoms with Gasteiger partial charge in [0.05, 0.1) is 12.4 Å². The maximum atomic E-state index is 12.4. The maximum Gasteiger partial charge on any atom is 0.274 e. The fraction of sp³-hybridized carbons (Fsp3) is 0.421. The molecule has 1 fully saturated rings. The lowest BCUT2D eigenvalue weighted by Gasteiger charge is -2.26. The SMILES string of the molecule is CC(C)c1ccc(Nc2cnc(C(=O)N3CCCCC3)cn2)cc1. The van der Waals surface area contributed by atoms with E-state index in [1.54, 1.807) is 12.4 Å². The zero-order chi connectivity index (χ0) is 16.9. The molecular formula is C19H24N4O. The Hall–Kier alpha value is -2.43. The second kappa shape index (κ2) is 7.43. The minimum atomic E-state index is -0.0185. The third kappa shape index (κ3) is 3.91. The Morgan fingerprint density at radius 1 is 1.04 bits per heavy atom. The number of hydrogen-bond donors (Lipinski definition) is 1. The van der Waals surface area contributed by atoms with Crippen LogP contribution < -0.4 is 5.32 Å². The van der Waals surface area contributed by atoms with Crippen molar-refractivity contribution in [2.45, 2.75) is 39.0 Å². The zero-order valence-corrected chi connectivity index (χ0v) is 14.3. The van der Waals surface area contributed by atoms with Gasteiger partial charge in [0.25, 0.3) is 5.91 Å². The number of likely N-dealkylation sites (tertiary alicyclic amines) is 1. The van der Waals surface area contributed by atoms with Gasteiger partial charge < -0.3 is 10.2 Å². The average molecular weight is 324 g/mol. The first-order valence-corrected chi connectivity index (χ1v) is 8.62. The van der Waals surface area contributed by atoms with E-state index in [2.05, 4.69) is 41.3 Å². The molecule has 1 N–H and O–H groups in total. The van der Waals surface area contributed by atoms with Gasteiger partial charge in [-0.2, -0.15) is 0 Å². The van der Waals surface area contributed by atoms with Crippen LogP contribution in [0.25, 0.3) is 0 Å². The van der Waals surface area contributed by atoms with Crippen LogP contribution >= 0.6 is 0 Å². The molecule has 0 aliphatic carbocycles. The van der Waals surface area contributed by atoms with E-state index in [9.17, 15) is 4.79 Å². The van der Waals surface area contributed by atoms with Gasteiger partial charge >= 0.3 is 0 Å². The predicted octanol–water partition coefficient (Wildman–Crippen LogP) is 3.97. The van der Waals surface area contributed by atoms with Crippen LogP contribution in [0.2, 0.25) is 0 Å². The van der Waals surface area contributed by atoms with E-state index in [0.717, 1.165) is 31.6 Å². The van der Waals surface area contributed by atoms with Crippen molar-refractivity contribution in [1.29, 1.82) is 0 Å². The number of amides is 1. The number of hydrogen-bond acceptors (Lipinski definition) is 4. The van der Waals surface area contributed by atoms with Gasteiger partial charge in [0.1, 0.15) is 11.5 Å². The van der Waals surface area contributed by atoms with Crippen molar-refractivity contribution in [2.24, 2.45) is 0 Å². The Morgan fingerprint density at radius 3 is 2.33 bits per heavy atom. The molecule has 0 saturated carbocycles. The van der Waals surface area contributed by atoms with E-state index in [0.29, 0.717) is 17.4 Å². The first-order valence-electron chi connectivity index (χ1n) is 8.62. The molecule has 24 heavy (non-hydrogen) atoms. The second-order valence-electron chi connectivity index (χ2n) is 6.54. The van der Waals surface area contributed by atoms with E-state index >= 15 is 0 Å². The summed E-state index contributed by atoms with van der Waals surface area (Å²) in [5.74, 6) is 1.14. The summed E-state index contributed by atoms with van der Waals surface area (Å²) in [6, 6.07) is 8.27. The molecule has 0 unspecified atom stereocenters. The lowest BCUT2D eigenvalue weighted by atomic mass is 10.0. The topological polar surface area (TPSA) is 58.1 Å². The van der Waals surface area contributed by atoms with E-state index < -0.39 is 0 Å². The molecule has 126 valence electrons. The van der Waals surface area contributed by atoms with Crippen molar-refractivity contribution in [3.8, 4) is 0 Å². The highest BCUT2D eigenvalue weighted by Gasteiger charge is 2.19. The largest absolute Gasteiger partial charge is 0.339 e. The van der Waals surface area contributed by atoms with Crippen molar-refractivity contribution in [3.63, 3.8) is 0 Å². The molecule has 2 aromatic rings. The van der Waals surface area contributed by atoms with Gasteiger partial charge in [0.15, 0.2) is 0 Å². The number of rotatable bonds is 4. The molecule has 1 aromatic heterocycles. The molecule has 0 spiro atoms. The highest BCUT2D eigenvalue weighted by Crippen LogP contribution is 2.19. The highest BCUT2D eigenvalue weighted by molar-refractivity contribution is 5.92. The van der Waals surface area contributed by atoms with Crippen LogP contribution in [0.15, 0.2) is 36.7 Å². The molecule has 1 aromatic carbocycles. The molecule has 3 rings (SSSR count). The van der Waals surface area contributed by atoms with Crippen LogP contribution in [0, 0.1) is 0 Å². The van der Waals surface area contributed by atoms with Crippen LogP contribution in [-0.4, -0.2) is 33.9 Å². The van der Waals surface area contributed by atoms with Crippen molar-refractivity contribution < 1.29 is 4.79 Å². The summed E-state index contributed by atoms with van der Waals surface area (Å²) in [5, 5.41) is 3.22. The van der Waals surface area contributed by atoms with Gasteiger partial charge in [-0.1, -0.05) is 26.0 Å². The monoisotopic (exact) mass is 324 g/mol. The van der Waals surface area contributed by atoms with Gasteiger partial charge in [-0.25, -0.2) is 9.97 Å². The number of anilines is 2. The fourth-order valence-electron chi connectivity index (χ4n) is 2.86. The van der Waals surface area contributed by atoms with E-state index in [4.69, 9.17) is 0 Å². The Labute approximate surface area is 143 Å². The van der Waals surface area contributed by atoms with E-state index in [1.165, 1.54) is 12.0 Å². The summed E-state index contributed by atoms with van der Waals surface area (Å²) in [5.41, 5.74) is 2.68. The van der Waals surface area contributed by atoms with Crippen LogP contribution in [0.3, 0.4) is 0 Å². The Kier molecular flexibility index (Phi) is 5.08. The van der Waals surface area contributed by atoms with Gasteiger partial charge in [-0.15, -0.1) is 0 Å². The molecule has 0 bridgehead atoms. The lowest BCUT2D eigenvalue weighted by Crippen LogP contribution is -2.36. The van der Waals surface area contributed by atoms with Crippen molar-refractivity contribution in [1.82, 2.24) is 14.9 Å². The molecule has 5 heteroatoms. The number of benzene rings is 1. The van der Waals surface area contributed by atoms with Gasteiger partial charge in [-0.05, 0) is 42.9 Å². The molecule has 2 heterocycles.